The lowest BCUT2D eigenvalue weighted by Gasteiger charge is -2.46. The van der Waals surface area contributed by atoms with Crippen LogP contribution in [0.25, 0.3) is 10.9 Å². The first kappa shape index (κ1) is 23.3. The van der Waals surface area contributed by atoms with Gasteiger partial charge in [0.2, 0.25) is 5.91 Å². The number of benzene rings is 2. The van der Waals surface area contributed by atoms with Crippen molar-refractivity contribution in [2.24, 2.45) is 0 Å². The SMILES string of the molecule is Cc1cc(C)n(CCNC(=O)CCn2c3c(c4ccccc42)CCN2C(=O)c4ccccc4N(C)C32)n1. The summed E-state index contributed by atoms with van der Waals surface area (Å²) >= 11 is 0. The number of hydrogen-bond donors (Lipinski definition) is 1. The fourth-order valence-electron chi connectivity index (χ4n) is 6.05. The van der Waals surface area contributed by atoms with Gasteiger partial charge in [0, 0.05) is 49.7 Å². The van der Waals surface area contributed by atoms with Gasteiger partial charge < -0.3 is 19.7 Å². The summed E-state index contributed by atoms with van der Waals surface area (Å²) in [5.41, 5.74) is 7.28. The smallest absolute Gasteiger partial charge is 0.257 e. The van der Waals surface area contributed by atoms with Gasteiger partial charge >= 0.3 is 0 Å². The molecule has 0 aliphatic carbocycles. The van der Waals surface area contributed by atoms with Gasteiger partial charge in [0.15, 0.2) is 0 Å². The van der Waals surface area contributed by atoms with E-state index in [0.717, 1.165) is 40.3 Å². The normalized spacial score (nSPS) is 16.5. The van der Waals surface area contributed by atoms with E-state index < -0.39 is 0 Å². The molecule has 1 atom stereocenters. The van der Waals surface area contributed by atoms with E-state index in [1.807, 2.05) is 59.8 Å². The Kier molecular flexibility index (Phi) is 5.74. The number of fused-ring (bicyclic) bond motifs is 6. The van der Waals surface area contributed by atoms with Crippen molar-refractivity contribution in [3.05, 3.63) is 82.8 Å². The zero-order valence-electron chi connectivity index (χ0n) is 21.6. The molecule has 4 aromatic rings. The van der Waals surface area contributed by atoms with Gasteiger partial charge in [0.25, 0.3) is 5.91 Å². The van der Waals surface area contributed by atoms with E-state index in [1.54, 1.807) is 0 Å². The Morgan fingerprint density at radius 1 is 1.08 bits per heavy atom. The summed E-state index contributed by atoms with van der Waals surface area (Å²) in [5, 5.41) is 8.73. The van der Waals surface area contributed by atoms with Crippen molar-refractivity contribution in [1.82, 2.24) is 24.6 Å². The molecule has 0 bridgehead atoms. The molecule has 0 spiro atoms. The van der Waals surface area contributed by atoms with Crippen LogP contribution in [-0.2, 0) is 24.3 Å². The largest absolute Gasteiger partial charge is 0.354 e. The van der Waals surface area contributed by atoms with E-state index in [1.165, 1.54) is 10.9 Å². The molecule has 4 heterocycles. The second-order valence-corrected chi connectivity index (χ2v) is 10.0. The predicted molar refractivity (Wildman–Crippen MR) is 144 cm³/mol. The van der Waals surface area contributed by atoms with Gasteiger partial charge in [0.1, 0.15) is 6.17 Å². The second-order valence-electron chi connectivity index (χ2n) is 10.0. The Hall–Kier alpha value is -4.07. The standard InChI is InChI=1S/C29H32N6O2/c1-19-18-20(2)35(31-19)17-14-30-26(36)13-16-33-25-11-7-4-8-21(25)22-12-15-34-28(27(22)33)32(3)24-10-6-5-9-23(24)29(34)37/h4-11,18,28H,12-17H2,1-3H3,(H,30,36). The summed E-state index contributed by atoms with van der Waals surface area (Å²) in [6.07, 6.45) is 0.965. The fraction of sp³-hybridized carbons (Fsp3) is 0.345. The van der Waals surface area contributed by atoms with E-state index in [0.29, 0.717) is 32.6 Å². The van der Waals surface area contributed by atoms with Crippen molar-refractivity contribution in [3.63, 3.8) is 0 Å². The highest BCUT2D eigenvalue weighted by molar-refractivity contribution is 6.02. The van der Waals surface area contributed by atoms with Gasteiger partial charge in [-0.3, -0.25) is 14.3 Å². The molecule has 190 valence electrons. The molecule has 0 radical (unpaired) electrons. The molecule has 6 rings (SSSR count). The summed E-state index contributed by atoms with van der Waals surface area (Å²) in [6, 6.07) is 18.3. The molecular formula is C29H32N6O2. The van der Waals surface area contributed by atoms with Crippen molar-refractivity contribution >= 4 is 28.4 Å². The topological polar surface area (TPSA) is 75.4 Å². The molecule has 37 heavy (non-hydrogen) atoms. The molecule has 2 amide bonds. The van der Waals surface area contributed by atoms with Crippen LogP contribution in [0.4, 0.5) is 5.69 Å². The van der Waals surface area contributed by atoms with Crippen molar-refractivity contribution in [2.75, 3.05) is 25.0 Å². The minimum atomic E-state index is -0.201. The van der Waals surface area contributed by atoms with E-state index >= 15 is 0 Å². The van der Waals surface area contributed by atoms with E-state index in [-0.39, 0.29) is 18.0 Å². The van der Waals surface area contributed by atoms with Gasteiger partial charge in [-0.2, -0.15) is 5.10 Å². The molecule has 0 saturated heterocycles. The number of hydrogen-bond acceptors (Lipinski definition) is 4. The molecule has 2 aromatic heterocycles. The monoisotopic (exact) mass is 496 g/mol. The summed E-state index contributed by atoms with van der Waals surface area (Å²) in [6.45, 7) is 6.41. The van der Waals surface area contributed by atoms with Crippen LogP contribution in [0, 0.1) is 13.8 Å². The Bertz CT molecular complexity index is 1520. The van der Waals surface area contributed by atoms with E-state index in [9.17, 15) is 9.59 Å². The van der Waals surface area contributed by atoms with Crippen molar-refractivity contribution in [3.8, 4) is 0 Å². The molecule has 8 heteroatoms. The first-order valence-corrected chi connectivity index (χ1v) is 12.9. The number of anilines is 1. The maximum atomic E-state index is 13.5. The number of aromatic nitrogens is 3. The molecule has 2 aliphatic heterocycles. The third kappa shape index (κ3) is 3.87. The highest BCUT2D eigenvalue weighted by atomic mass is 16.2. The van der Waals surface area contributed by atoms with Gasteiger partial charge in [-0.25, -0.2) is 0 Å². The number of aryl methyl sites for hydroxylation is 3. The summed E-state index contributed by atoms with van der Waals surface area (Å²) in [7, 11) is 2.06. The average Bonchev–Trinajstić information content (AvgIpc) is 3.41. The zero-order valence-corrected chi connectivity index (χ0v) is 21.6. The number of amides is 2. The maximum Gasteiger partial charge on any atom is 0.257 e. The van der Waals surface area contributed by atoms with Crippen LogP contribution in [-0.4, -0.2) is 51.2 Å². The fourth-order valence-corrected chi connectivity index (χ4v) is 6.05. The maximum absolute atomic E-state index is 13.5. The average molecular weight is 497 g/mol. The van der Waals surface area contributed by atoms with Crippen LogP contribution >= 0.6 is 0 Å². The summed E-state index contributed by atoms with van der Waals surface area (Å²) < 4.78 is 4.19. The molecule has 8 nitrogen and oxygen atoms in total. The number of para-hydroxylation sites is 2. The Balaban J connectivity index is 1.27. The first-order chi connectivity index (χ1) is 17.9. The number of carbonyl (C=O) groups is 2. The number of nitrogens with one attached hydrogen (secondary N) is 1. The van der Waals surface area contributed by atoms with Gasteiger partial charge in [0.05, 0.1) is 29.2 Å². The van der Waals surface area contributed by atoms with E-state index in [2.05, 4.69) is 45.1 Å². The lowest BCUT2D eigenvalue weighted by atomic mass is 9.96. The number of carbonyl (C=O) groups excluding carboxylic acids is 2. The van der Waals surface area contributed by atoms with Crippen LogP contribution < -0.4 is 10.2 Å². The second kappa shape index (κ2) is 9.10. The summed E-state index contributed by atoms with van der Waals surface area (Å²) in [5.74, 6) is 0.0854. The molecular weight excluding hydrogens is 464 g/mol. The quantitative estimate of drug-likeness (QED) is 0.441. The lowest BCUT2D eigenvalue weighted by Crippen LogP contribution is -2.51. The highest BCUT2D eigenvalue weighted by Gasteiger charge is 2.42. The first-order valence-electron chi connectivity index (χ1n) is 12.9. The summed E-state index contributed by atoms with van der Waals surface area (Å²) in [4.78, 5) is 30.5. The van der Waals surface area contributed by atoms with Crippen molar-refractivity contribution in [2.45, 2.75) is 45.9 Å². The van der Waals surface area contributed by atoms with Crippen LogP contribution in [0.1, 0.15) is 45.6 Å². The van der Waals surface area contributed by atoms with Crippen LogP contribution in [0.5, 0.6) is 0 Å². The number of nitrogens with zero attached hydrogens (tertiary/aromatic N) is 5. The van der Waals surface area contributed by atoms with Gasteiger partial charge in [-0.05, 0) is 50.1 Å². The number of rotatable bonds is 6. The minimum Gasteiger partial charge on any atom is -0.354 e. The molecule has 0 fully saturated rings. The Morgan fingerprint density at radius 3 is 2.68 bits per heavy atom. The minimum absolute atomic E-state index is 0.0131. The van der Waals surface area contributed by atoms with Crippen LogP contribution in [0.15, 0.2) is 54.6 Å². The third-order valence-corrected chi connectivity index (χ3v) is 7.72. The van der Waals surface area contributed by atoms with E-state index in [4.69, 9.17) is 0 Å². The lowest BCUT2D eigenvalue weighted by molar-refractivity contribution is -0.121. The molecule has 1 unspecified atom stereocenters. The molecule has 0 saturated carbocycles. The van der Waals surface area contributed by atoms with Crippen LogP contribution in [0.3, 0.4) is 0 Å². The van der Waals surface area contributed by atoms with Crippen LogP contribution in [0.2, 0.25) is 0 Å². The zero-order chi connectivity index (χ0) is 25.7. The third-order valence-electron chi connectivity index (χ3n) is 7.72. The van der Waals surface area contributed by atoms with Gasteiger partial charge in [-0.1, -0.05) is 30.3 Å². The predicted octanol–water partition coefficient (Wildman–Crippen LogP) is 3.81. The molecule has 2 aromatic carbocycles. The van der Waals surface area contributed by atoms with Crippen molar-refractivity contribution in [1.29, 1.82) is 0 Å². The Morgan fingerprint density at radius 2 is 1.86 bits per heavy atom. The molecule has 2 aliphatic rings. The molecule has 1 N–H and O–H groups in total. The van der Waals surface area contributed by atoms with Gasteiger partial charge in [-0.15, -0.1) is 0 Å². The van der Waals surface area contributed by atoms with Crippen molar-refractivity contribution < 1.29 is 9.59 Å². The Labute approximate surface area is 216 Å². The highest BCUT2D eigenvalue weighted by Crippen LogP contribution is 2.44.